The molecule has 0 radical (unpaired) electrons. The molecule has 1 heterocycles. The van der Waals surface area contributed by atoms with Crippen molar-refractivity contribution in [1.29, 1.82) is 0 Å². The van der Waals surface area contributed by atoms with Crippen molar-refractivity contribution in [3.05, 3.63) is 78.9 Å². The molecular formula is C24H23NO5S. The maximum Gasteiger partial charge on any atom is 0.322 e. The molecule has 1 atom stereocenters. The Morgan fingerprint density at radius 3 is 2.03 bits per heavy atom. The summed E-state index contributed by atoms with van der Waals surface area (Å²) in [4.78, 5) is 11.6. The van der Waals surface area contributed by atoms with Crippen molar-refractivity contribution in [3.8, 4) is 22.6 Å². The summed E-state index contributed by atoms with van der Waals surface area (Å²) in [6.07, 6.45) is 1.69. The van der Waals surface area contributed by atoms with Gasteiger partial charge in [-0.1, -0.05) is 42.5 Å². The number of nitrogens with zero attached hydrogens (tertiary/aromatic N) is 1. The number of carboxylic acid groups (broad SMARTS) is 1. The Hall–Kier alpha value is -3.16. The van der Waals surface area contributed by atoms with Crippen molar-refractivity contribution in [1.82, 2.24) is 4.31 Å². The molecule has 0 aliphatic carbocycles. The Kier molecular flexibility index (Phi) is 6.06. The van der Waals surface area contributed by atoms with E-state index in [-0.39, 0.29) is 11.4 Å². The van der Waals surface area contributed by atoms with E-state index in [9.17, 15) is 18.3 Å². The lowest BCUT2D eigenvalue weighted by atomic mass is 10.1. The van der Waals surface area contributed by atoms with Crippen LogP contribution in [0.2, 0.25) is 0 Å². The fraction of sp³-hybridized carbons (Fsp3) is 0.208. The summed E-state index contributed by atoms with van der Waals surface area (Å²) in [5, 5.41) is 9.39. The lowest BCUT2D eigenvalue weighted by Crippen LogP contribution is -2.47. The van der Waals surface area contributed by atoms with Crippen LogP contribution < -0.4 is 4.74 Å². The van der Waals surface area contributed by atoms with Crippen LogP contribution in [0.4, 0.5) is 0 Å². The topological polar surface area (TPSA) is 83.9 Å². The summed E-state index contributed by atoms with van der Waals surface area (Å²) in [6.45, 7) is 0.214. The average molecular weight is 438 g/mol. The van der Waals surface area contributed by atoms with Gasteiger partial charge < -0.3 is 9.84 Å². The van der Waals surface area contributed by atoms with E-state index in [1.807, 2.05) is 54.6 Å². The van der Waals surface area contributed by atoms with Gasteiger partial charge in [0.1, 0.15) is 17.5 Å². The van der Waals surface area contributed by atoms with Gasteiger partial charge >= 0.3 is 5.97 Å². The van der Waals surface area contributed by atoms with Crippen molar-refractivity contribution >= 4 is 16.0 Å². The molecule has 31 heavy (non-hydrogen) atoms. The Morgan fingerprint density at radius 2 is 1.42 bits per heavy atom. The van der Waals surface area contributed by atoms with E-state index in [1.54, 1.807) is 12.1 Å². The highest BCUT2D eigenvalue weighted by Crippen LogP contribution is 2.29. The zero-order chi connectivity index (χ0) is 21.8. The highest BCUT2D eigenvalue weighted by molar-refractivity contribution is 7.89. The molecule has 1 saturated heterocycles. The molecule has 3 aromatic carbocycles. The molecular weight excluding hydrogens is 414 g/mol. The number of carboxylic acids is 1. The first-order valence-electron chi connectivity index (χ1n) is 10.1. The van der Waals surface area contributed by atoms with E-state index < -0.39 is 22.0 Å². The number of benzene rings is 3. The number of hydrogen-bond donors (Lipinski definition) is 1. The monoisotopic (exact) mass is 437 g/mol. The largest absolute Gasteiger partial charge is 0.480 e. The lowest BCUT2D eigenvalue weighted by Gasteiger charge is -2.31. The van der Waals surface area contributed by atoms with Crippen LogP contribution in [0.15, 0.2) is 83.8 Å². The standard InChI is InChI=1S/C24H23NO5S/c26-24(27)23-8-4-5-17-25(23)31(28,29)22-15-13-21(14-16-22)30-20-11-9-19(10-12-20)18-6-2-1-3-7-18/h1-3,6-7,9-16,23H,4-5,8,17H2,(H,26,27). The number of hydrogen-bond acceptors (Lipinski definition) is 4. The predicted octanol–water partition coefficient (Wildman–Crippen LogP) is 4.77. The maximum atomic E-state index is 13.0. The third-order valence-corrected chi connectivity index (χ3v) is 7.29. The third-order valence-electron chi connectivity index (χ3n) is 5.37. The highest BCUT2D eigenvalue weighted by Gasteiger charge is 2.37. The van der Waals surface area contributed by atoms with Crippen molar-refractivity contribution in [2.75, 3.05) is 6.54 Å². The van der Waals surface area contributed by atoms with Gasteiger partial charge in [-0.05, 0) is 66.8 Å². The fourth-order valence-electron chi connectivity index (χ4n) is 3.74. The second-order valence-corrected chi connectivity index (χ2v) is 9.32. The lowest BCUT2D eigenvalue weighted by molar-refractivity contribution is -0.142. The smallest absolute Gasteiger partial charge is 0.322 e. The van der Waals surface area contributed by atoms with Gasteiger partial charge in [-0.25, -0.2) is 8.42 Å². The first-order valence-corrected chi connectivity index (χ1v) is 11.6. The summed E-state index contributed by atoms with van der Waals surface area (Å²) in [6, 6.07) is 22.7. The molecule has 1 aliphatic heterocycles. The summed E-state index contributed by atoms with van der Waals surface area (Å²) in [5.41, 5.74) is 2.19. The van der Waals surface area contributed by atoms with Crippen molar-refractivity contribution in [2.24, 2.45) is 0 Å². The second kappa shape index (κ2) is 8.91. The number of piperidine rings is 1. The molecule has 1 unspecified atom stereocenters. The molecule has 0 amide bonds. The minimum Gasteiger partial charge on any atom is -0.480 e. The minimum absolute atomic E-state index is 0.0624. The quantitative estimate of drug-likeness (QED) is 0.600. The summed E-state index contributed by atoms with van der Waals surface area (Å²) >= 11 is 0. The first-order chi connectivity index (χ1) is 14.9. The molecule has 1 N–H and O–H groups in total. The van der Waals surface area contributed by atoms with Gasteiger partial charge in [0.15, 0.2) is 0 Å². The molecule has 3 aromatic rings. The van der Waals surface area contributed by atoms with Crippen LogP contribution >= 0.6 is 0 Å². The minimum atomic E-state index is -3.89. The molecule has 0 bridgehead atoms. The predicted molar refractivity (Wildman–Crippen MR) is 118 cm³/mol. The number of sulfonamides is 1. The Morgan fingerprint density at radius 1 is 0.839 bits per heavy atom. The van der Waals surface area contributed by atoms with Gasteiger partial charge in [0.25, 0.3) is 0 Å². The van der Waals surface area contributed by atoms with Gasteiger partial charge in [-0.3, -0.25) is 4.79 Å². The number of rotatable bonds is 6. The van der Waals surface area contributed by atoms with Crippen LogP contribution in [-0.2, 0) is 14.8 Å². The van der Waals surface area contributed by atoms with E-state index >= 15 is 0 Å². The molecule has 6 nitrogen and oxygen atoms in total. The van der Waals surface area contributed by atoms with Crippen LogP contribution in [0.1, 0.15) is 19.3 Å². The second-order valence-electron chi connectivity index (χ2n) is 7.43. The van der Waals surface area contributed by atoms with Gasteiger partial charge in [0.05, 0.1) is 4.90 Å². The van der Waals surface area contributed by atoms with E-state index in [2.05, 4.69) is 0 Å². The Balaban J connectivity index is 1.48. The number of carbonyl (C=O) groups is 1. The third kappa shape index (κ3) is 4.62. The van der Waals surface area contributed by atoms with E-state index in [4.69, 9.17) is 4.74 Å². The summed E-state index contributed by atoms with van der Waals surface area (Å²) in [7, 11) is -3.89. The van der Waals surface area contributed by atoms with Crippen LogP contribution in [0.3, 0.4) is 0 Å². The van der Waals surface area contributed by atoms with Crippen LogP contribution in [0.5, 0.6) is 11.5 Å². The zero-order valence-electron chi connectivity index (χ0n) is 16.8. The van der Waals surface area contributed by atoms with E-state index in [0.29, 0.717) is 30.8 Å². The molecule has 0 saturated carbocycles. The van der Waals surface area contributed by atoms with Gasteiger partial charge in [0.2, 0.25) is 10.0 Å². The molecule has 1 fully saturated rings. The van der Waals surface area contributed by atoms with Crippen LogP contribution in [-0.4, -0.2) is 36.4 Å². The molecule has 0 aromatic heterocycles. The molecule has 1 aliphatic rings. The van der Waals surface area contributed by atoms with Crippen molar-refractivity contribution < 1.29 is 23.1 Å². The van der Waals surface area contributed by atoms with Crippen LogP contribution in [0.25, 0.3) is 11.1 Å². The molecule has 0 spiro atoms. The highest BCUT2D eigenvalue weighted by atomic mass is 32.2. The molecule has 7 heteroatoms. The molecule has 4 rings (SSSR count). The Bertz CT molecular complexity index is 1140. The normalized spacial score (nSPS) is 17.2. The molecule has 160 valence electrons. The average Bonchev–Trinajstić information content (AvgIpc) is 2.80. The Labute approximate surface area is 181 Å². The van der Waals surface area contributed by atoms with Crippen LogP contribution in [0, 0.1) is 0 Å². The van der Waals surface area contributed by atoms with E-state index in [0.717, 1.165) is 15.4 Å². The summed E-state index contributed by atoms with van der Waals surface area (Å²) in [5.74, 6) is 0.0271. The van der Waals surface area contributed by atoms with E-state index in [1.165, 1.54) is 12.1 Å². The van der Waals surface area contributed by atoms with Crippen molar-refractivity contribution in [2.45, 2.75) is 30.2 Å². The SMILES string of the molecule is O=C(O)C1CCCCN1S(=O)(=O)c1ccc(Oc2ccc(-c3ccccc3)cc2)cc1. The van der Waals surface area contributed by atoms with Gasteiger partial charge in [0, 0.05) is 6.54 Å². The maximum absolute atomic E-state index is 13.0. The van der Waals surface area contributed by atoms with Gasteiger partial charge in [-0.2, -0.15) is 4.31 Å². The summed E-state index contributed by atoms with van der Waals surface area (Å²) < 4.78 is 32.9. The zero-order valence-corrected chi connectivity index (χ0v) is 17.7. The fourth-order valence-corrected chi connectivity index (χ4v) is 5.39. The van der Waals surface area contributed by atoms with Crippen molar-refractivity contribution in [3.63, 3.8) is 0 Å². The van der Waals surface area contributed by atoms with Gasteiger partial charge in [-0.15, -0.1) is 0 Å². The number of aliphatic carboxylic acids is 1. The first kappa shape index (κ1) is 21.1. The number of ether oxygens (including phenoxy) is 1.